The molecule has 2 rings (SSSR count). The summed E-state index contributed by atoms with van der Waals surface area (Å²) < 4.78 is 7.36. The molecule has 18 heavy (non-hydrogen) atoms. The van der Waals surface area contributed by atoms with E-state index in [9.17, 15) is 0 Å². The molecule has 1 fully saturated rings. The van der Waals surface area contributed by atoms with Gasteiger partial charge in [-0.15, -0.1) is 0 Å². The van der Waals surface area contributed by atoms with Crippen molar-refractivity contribution in [3.05, 3.63) is 16.4 Å². The zero-order chi connectivity index (χ0) is 13.1. The van der Waals surface area contributed by atoms with Gasteiger partial charge in [0, 0.05) is 26.1 Å². The highest BCUT2D eigenvalue weighted by atomic mass is 35.5. The van der Waals surface area contributed by atoms with Gasteiger partial charge in [0.25, 0.3) is 0 Å². The van der Waals surface area contributed by atoms with Crippen molar-refractivity contribution in [2.45, 2.75) is 32.2 Å². The molecule has 0 saturated carbocycles. The molecule has 0 radical (unpaired) electrons. The molecule has 2 unspecified atom stereocenters. The molecule has 1 aromatic rings. The zero-order valence-corrected chi connectivity index (χ0v) is 11.7. The van der Waals surface area contributed by atoms with Crippen molar-refractivity contribution in [2.75, 3.05) is 13.2 Å². The van der Waals surface area contributed by atoms with Crippen LogP contribution in [0.2, 0.25) is 5.02 Å². The molecule has 0 bridgehead atoms. The van der Waals surface area contributed by atoms with Crippen molar-refractivity contribution >= 4 is 11.6 Å². The highest BCUT2D eigenvalue weighted by Gasteiger charge is 2.26. The number of nitrogens with zero attached hydrogens (tertiary/aromatic N) is 2. The lowest BCUT2D eigenvalue weighted by Crippen LogP contribution is -2.45. The smallest absolute Gasteiger partial charge is 0.0847 e. The third kappa shape index (κ3) is 2.85. The van der Waals surface area contributed by atoms with Crippen molar-refractivity contribution in [1.82, 2.24) is 15.2 Å². The SMILES string of the molecule is Cc1nn(C)c(CC(NN)C2CCCOC2)c1Cl. The van der Waals surface area contributed by atoms with Crippen LogP contribution in [-0.2, 0) is 18.2 Å². The van der Waals surface area contributed by atoms with Crippen molar-refractivity contribution in [2.24, 2.45) is 18.8 Å². The maximum Gasteiger partial charge on any atom is 0.0847 e. The molecule has 1 aliphatic rings. The first-order chi connectivity index (χ1) is 8.63. The minimum Gasteiger partial charge on any atom is -0.381 e. The van der Waals surface area contributed by atoms with Crippen molar-refractivity contribution in [3.8, 4) is 0 Å². The number of aryl methyl sites for hydroxylation is 2. The lowest BCUT2D eigenvalue weighted by atomic mass is 9.91. The van der Waals surface area contributed by atoms with Crippen molar-refractivity contribution in [1.29, 1.82) is 0 Å². The number of hydrogen-bond donors (Lipinski definition) is 2. The number of halogens is 1. The Bertz CT molecular complexity index is 401. The number of hydrazine groups is 1. The van der Waals surface area contributed by atoms with E-state index < -0.39 is 0 Å². The summed E-state index contributed by atoms with van der Waals surface area (Å²) >= 11 is 6.27. The average Bonchev–Trinajstić information content (AvgIpc) is 2.62. The molecule has 1 aliphatic heterocycles. The predicted octanol–water partition coefficient (Wildman–Crippen LogP) is 1.18. The fourth-order valence-electron chi connectivity index (χ4n) is 2.55. The Kier molecular flexibility index (Phi) is 4.61. The third-order valence-corrected chi connectivity index (χ3v) is 4.15. The molecule has 0 amide bonds. The fraction of sp³-hybridized carbons (Fsp3) is 0.750. The van der Waals surface area contributed by atoms with Crippen LogP contribution in [0.5, 0.6) is 0 Å². The van der Waals surface area contributed by atoms with Gasteiger partial charge in [-0.25, -0.2) is 0 Å². The molecule has 3 N–H and O–H groups in total. The second-order valence-electron chi connectivity index (χ2n) is 4.92. The molecule has 0 spiro atoms. The summed E-state index contributed by atoms with van der Waals surface area (Å²) in [6.07, 6.45) is 3.02. The van der Waals surface area contributed by atoms with Gasteiger partial charge in [-0.3, -0.25) is 16.0 Å². The molecule has 6 heteroatoms. The largest absolute Gasteiger partial charge is 0.381 e. The lowest BCUT2D eigenvalue weighted by Gasteiger charge is -2.29. The second kappa shape index (κ2) is 6.02. The zero-order valence-electron chi connectivity index (χ0n) is 10.9. The van der Waals surface area contributed by atoms with Gasteiger partial charge in [0.15, 0.2) is 0 Å². The summed E-state index contributed by atoms with van der Waals surface area (Å²) in [5, 5.41) is 5.07. The van der Waals surface area contributed by atoms with Gasteiger partial charge in [-0.2, -0.15) is 5.10 Å². The minimum atomic E-state index is 0.178. The van der Waals surface area contributed by atoms with Crippen molar-refractivity contribution < 1.29 is 4.74 Å². The van der Waals surface area contributed by atoms with Gasteiger partial charge in [-0.05, 0) is 25.7 Å². The van der Waals surface area contributed by atoms with Gasteiger partial charge >= 0.3 is 0 Å². The number of rotatable bonds is 4. The standard InChI is InChI=1S/C12H21ClN4O/c1-8-12(13)11(17(2)16-8)6-10(15-14)9-4-3-5-18-7-9/h9-10,15H,3-7,14H2,1-2H3. The average molecular weight is 273 g/mol. The van der Waals surface area contributed by atoms with E-state index in [1.807, 2.05) is 18.7 Å². The predicted molar refractivity (Wildman–Crippen MR) is 71.3 cm³/mol. The van der Waals surface area contributed by atoms with Crippen LogP contribution in [0, 0.1) is 12.8 Å². The summed E-state index contributed by atoms with van der Waals surface area (Å²) in [7, 11) is 1.92. The summed E-state index contributed by atoms with van der Waals surface area (Å²) in [4.78, 5) is 0. The van der Waals surface area contributed by atoms with Crippen LogP contribution in [0.25, 0.3) is 0 Å². The van der Waals surface area contributed by atoms with E-state index in [2.05, 4.69) is 10.5 Å². The van der Waals surface area contributed by atoms with Crippen LogP contribution in [-0.4, -0.2) is 29.0 Å². The molecule has 2 heterocycles. The summed E-state index contributed by atoms with van der Waals surface area (Å²) in [6.45, 7) is 3.54. The highest BCUT2D eigenvalue weighted by Crippen LogP contribution is 2.25. The summed E-state index contributed by atoms with van der Waals surface area (Å²) in [6, 6.07) is 0.178. The van der Waals surface area contributed by atoms with Gasteiger partial charge in [0.05, 0.1) is 23.0 Å². The van der Waals surface area contributed by atoms with Crippen LogP contribution in [0.3, 0.4) is 0 Å². The molecule has 5 nitrogen and oxygen atoms in total. The Morgan fingerprint density at radius 3 is 2.94 bits per heavy atom. The first-order valence-electron chi connectivity index (χ1n) is 6.35. The Hall–Kier alpha value is -0.620. The number of nitrogens with one attached hydrogen (secondary N) is 1. The molecular weight excluding hydrogens is 252 g/mol. The fourth-order valence-corrected chi connectivity index (χ4v) is 2.79. The number of aromatic nitrogens is 2. The van der Waals surface area contributed by atoms with Gasteiger partial charge in [0.1, 0.15) is 0 Å². The van der Waals surface area contributed by atoms with Crippen LogP contribution < -0.4 is 11.3 Å². The van der Waals surface area contributed by atoms with Crippen LogP contribution in [0.1, 0.15) is 24.2 Å². The van der Waals surface area contributed by atoms with Gasteiger partial charge in [-0.1, -0.05) is 11.6 Å². The topological polar surface area (TPSA) is 65.1 Å². The van der Waals surface area contributed by atoms with E-state index in [1.54, 1.807) is 0 Å². The van der Waals surface area contributed by atoms with E-state index in [4.69, 9.17) is 22.2 Å². The Morgan fingerprint density at radius 1 is 1.67 bits per heavy atom. The molecule has 1 aromatic heterocycles. The lowest BCUT2D eigenvalue weighted by molar-refractivity contribution is 0.0390. The second-order valence-corrected chi connectivity index (χ2v) is 5.30. The van der Waals surface area contributed by atoms with Crippen LogP contribution in [0.4, 0.5) is 0 Å². The molecular formula is C12H21ClN4O. The van der Waals surface area contributed by atoms with Gasteiger partial charge in [0.2, 0.25) is 0 Å². The summed E-state index contributed by atoms with van der Waals surface area (Å²) in [5.74, 6) is 6.12. The quantitative estimate of drug-likeness (QED) is 0.638. The monoisotopic (exact) mass is 272 g/mol. The van der Waals surface area contributed by atoms with E-state index in [-0.39, 0.29) is 6.04 Å². The number of hydrogen-bond acceptors (Lipinski definition) is 4. The maximum absolute atomic E-state index is 6.27. The van der Waals surface area contributed by atoms with E-state index in [0.29, 0.717) is 5.92 Å². The molecule has 0 aliphatic carbocycles. The number of ether oxygens (including phenoxy) is 1. The first kappa shape index (κ1) is 13.8. The van der Waals surface area contributed by atoms with E-state index >= 15 is 0 Å². The summed E-state index contributed by atoms with van der Waals surface area (Å²) in [5.41, 5.74) is 4.80. The Balaban J connectivity index is 2.09. The maximum atomic E-state index is 6.27. The molecule has 1 saturated heterocycles. The van der Waals surface area contributed by atoms with Crippen LogP contribution >= 0.6 is 11.6 Å². The Labute approximate surface area is 113 Å². The number of nitrogens with two attached hydrogens (primary N) is 1. The van der Waals surface area contributed by atoms with E-state index in [1.165, 1.54) is 0 Å². The molecule has 102 valence electrons. The van der Waals surface area contributed by atoms with Gasteiger partial charge < -0.3 is 4.74 Å². The first-order valence-corrected chi connectivity index (χ1v) is 6.73. The Morgan fingerprint density at radius 2 is 2.44 bits per heavy atom. The van der Waals surface area contributed by atoms with E-state index in [0.717, 1.165) is 48.9 Å². The molecule has 0 aromatic carbocycles. The third-order valence-electron chi connectivity index (χ3n) is 3.65. The molecule has 2 atom stereocenters. The minimum absolute atomic E-state index is 0.178. The van der Waals surface area contributed by atoms with Crippen molar-refractivity contribution in [3.63, 3.8) is 0 Å². The normalized spacial score (nSPS) is 22.1. The highest BCUT2D eigenvalue weighted by molar-refractivity contribution is 6.31. The van der Waals surface area contributed by atoms with Crippen LogP contribution in [0.15, 0.2) is 0 Å².